The molecule has 0 heteroatoms. The Morgan fingerprint density at radius 3 is 1.21 bits per heavy atom. The first-order valence-electron chi connectivity index (χ1n) is 6.09. The minimum Gasteiger partial charge on any atom is -0.0917 e. The fourth-order valence-corrected chi connectivity index (χ4v) is 0.902. The minimum absolute atomic E-state index is 1.23. The molecule has 0 unspecified atom stereocenters. The van der Waals surface area contributed by atoms with Gasteiger partial charge in [-0.3, -0.25) is 0 Å². The molecule has 0 aliphatic rings. The highest BCUT2D eigenvalue weighted by molar-refractivity contribution is 4.80. The Hall–Kier alpha value is -0.520. The lowest BCUT2D eigenvalue weighted by Gasteiger charge is -1.83. The van der Waals surface area contributed by atoms with Crippen molar-refractivity contribution >= 4 is 0 Å². The monoisotopic (exact) mass is 196 g/mol. The van der Waals surface area contributed by atoms with E-state index in [0.717, 1.165) is 0 Å². The average molecular weight is 196 g/mol. The summed E-state index contributed by atoms with van der Waals surface area (Å²) in [6.45, 7) is 8.64. The summed E-state index contributed by atoms with van der Waals surface area (Å²) in [6.07, 6.45) is 16.4. The quantitative estimate of drug-likeness (QED) is 0.492. The summed E-state index contributed by atoms with van der Waals surface area (Å²) >= 11 is 0. The molecule has 0 saturated heterocycles. The molecule has 0 fully saturated rings. The van der Waals surface area contributed by atoms with E-state index in [0.29, 0.717) is 0 Å². The van der Waals surface area contributed by atoms with Crippen LogP contribution in [-0.4, -0.2) is 0 Å². The zero-order valence-corrected chi connectivity index (χ0v) is 10.6. The summed E-state index contributed by atoms with van der Waals surface area (Å²) in [5.74, 6) is 0. The maximum absolute atomic E-state index is 2.27. The maximum Gasteiger partial charge on any atom is -0.0353 e. The van der Waals surface area contributed by atoms with E-state index in [-0.39, 0.29) is 0 Å². The van der Waals surface area contributed by atoms with Gasteiger partial charge in [-0.1, -0.05) is 64.3 Å². The third kappa shape index (κ3) is 22.5. The molecule has 0 aromatic rings. The van der Waals surface area contributed by atoms with Crippen LogP contribution in [0.3, 0.4) is 0 Å². The van der Waals surface area contributed by atoms with Crippen molar-refractivity contribution in [3.05, 3.63) is 24.3 Å². The van der Waals surface area contributed by atoms with Crippen LogP contribution in [-0.2, 0) is 0 Å². The third-order valence-corrected chi connectivity index (χ3v) is 1.77. The minimum atomic E-state index is 1.23. The molecule has 0 atom stereocenters. The smallest absolute Gasteiger partial charge is 0.0353 e. The number of rotatable bonds is 6. The van der Waals surface area contributed by atoms with Crippen LogP contribution in [0.5, 0.6) is 0 Å². The number of allylic oxidation sites excluding steroid dienone is 4. The van der Waals surface area contributed by atoms with Crippen LogP contribution in [0.1, 0.15) is 66.2 Å². The summed E-state index contributed by atoms with van der Waals surface area (Å²) in [4.78, 5) is 0. The van der Waals surface area contributed by atoms with Crippen molar-refractivity contribution < 1.29 is 0 Å². The zero-order valence-electron chi connectivity index (χ0n) is 10.6. The second-order valence-electron chi connectivity index (χ2n) is 3.41. The van der Waals surface area contributed by atoms with Gasteiger partial charge in [-0.25, -0.2) is 0 Å². The van der Waals surface area contributed by atoms with Gasteiger partial charge in [-0.2, -0.15) is 0 Å². The Morgan fingerprint density at radius 2 is 1.00 bits per heavy atom. The second kappa shape index (κ2) is 18.3. The van der Waals surface area contributed by atoms with Gasteiger partial charge in [0.1, 0.15) is 0 Å². The Morgan fingerprint density at radius 1 is 0.643 bits per heavy atom. The zero-order chi connectivity index (χ0) is 11.1. The molecule has 0 bridgehead atoms. The Labute approximate surface area is 91.1 Å². The highest BCUT2D eigenvalue weighted by Crippen LogP contribution is 1.92. The number of unbranched alkanes of at least 4 members (excludes halogenated alkanes) is 3. The molecule has 0 aliphatic heterocycles. The van der Waals surface area contributed by atoms with E-state index >= 15 is 0 Å². The van der Waals surface area contributed by atoms with Crippen LogP contribution < -0.4 is 0 Å². The van der Waals surface area contributed by atoms with Crippen LogP contribution in [0, 0.1) is 0 Å². The number of hydrogen-bond donors (Lipinski definition) is 0. The van der Waals surface area contributed by atoms with Crippen LogP contribution in [0.25, 0.3) is 0 Å². The van der Waals surface area contributed by atoms with Crippen molar-refractivity contribution in [3.63, 3.8) is 0 Å². The SMILES string of the molecule is C/C=C/CCC.CCC/C=C/CCC. The van der Waals surface area contributed by atoms with Crippen molar-refractivity contribution in [2.45, 2.75) is 66.2 Å². The molecule has 0 amide bonds. The molecule has 0 heterocycles. The molecule has 14 heavy (non-hydrogen) atoms. The molecule has 0 spiro atoms. The van der Waals surface area contributed by atoms with E-state index < -0.39 is 0 Å². The molecular formula is C14H28. The molecular weight excluding hydrogens is 168 g/mol. The summed E-state index contributed by atoms with van der Waals surface area (Å²) in [7, 11) is 0. The highest BCUT2D eigenvalue weighted by atomic mass is 13.8. The molecule has 0 radical (unpaired) electrons. The first kappa shape index (κ1) is 15.9. The third-order valence-electron chi connectivity index (χ3n) is 1.77. The number of hydrogen-bond acceptors (Lipinski definition) is 0. The van der Waals surface area contributed by atoms with E-state index in [1.54, 1.807) is 0 Å². The van der Waals surface area contributed by atoms with E-state index in [1.807, 2.05) is 0 Å². The fourth-order valence-electron chi connectivity index (χ4n) is 0.902. The summed E-state index contributed by atoms with van der Waals surface area (Å²) < 4.78 is 0. The van der Waals surface area contributed by atoms with E-state index in [1.165, 1.54) is 38.5 Å². The Bertz CT molecular complexity index is 112. The van der Waals surface area contributed by atoms with Crippen LogP contribution in [0.15, 0.2) is 24.3 Å². The second-order valence-corrected chi connectivity index (χ2v) is 3.41. The van der Waals surface area contributed by atoms with Gasteiger partial charge in [0.05, 0.1) is 0 Å². The van der Waals surface area contributed by atoms with Crippen molar-refractivity contribution in [2.24, 2.45) is 0 Å². The van der Waals surface area contributed by atoms with Gasteiger partial charge in [-0.05, 0) is 26.2 Å². The lowest BCUT2D eigenvalue weighted by Crippen LogP contribution is -1.62. The van der Waals surface area contributed by atoms with Gasteiger partial charge < -0.3 is 0 Å². The molecule has 0 aromatic heterocycles. The summed E-state index contributed by atoms with van der Waals surface area (Å²) in [5.41, 5.74) is 0. The van der Waals surface area contributed by atoms with Crippen LogP contribution in [0.2, 0.25) is 0 Å². The van der Waals surface area contributed by atoms with Crippen molar-refractivity contribution in [1.82, 2.24) is 0 Å². The molecule has 0 nitrogen and oxygen atoms in total. The molecule has 0 saturated carbocycles. The van der Waals surface area contributed by atoms with Gasteiger partial charge in [-0.15, -0.1) is 0 Å². The molecule has 0 aromatic carbocycles. The van der Waals surface area contributed by atoms with E-state index in [9.17, 15) is 0 Å². The van der Waals surface area contributed by atoms with E-state index in [2.05, 4.69) is 52.0 Å². The van der Waals surface area contributed by atoms with Gasteiger partial charge in [0, 0.05) is 0 Å². The fraction of sp³-hybridized carbons (Fsp3) is 0.714. The lowest BCUT2D eigenvalue weighted by atomic mass is 10.2. The van der Waals surface area contributed by atoms with Crippen molar-refractivity contribution in [3.8, 4) is 0 Å². The molecule has 0 rings (SSSR count). The van der Waals surface area contributed by atoms with Gasteiger partial charge in [0.15, 0.2) is 0 Å². The Balaban J connectivity index is 0. The van der Waals surface area contributed by atoms with Gasteiger partial charge in [0.2, 0.25) is 0 Å². The predicted octanol–water partition coefficient (Wildman–Crippen LogP) is 5.51. The Kier molecular flexibility index (Phi) is 20.8. The van der Waals surface area contributed by atoms with Crippen molar-refractivity contribution in [2.75, 3.05) is 0 Å². The predicted molar refractivity (Wildman–Crippen MR) is 68.7 cm³/mol. The maximum atomic E-state index is 2.27. The van der Waals surface area contributed by atoms with E-state index in [4.69, 9.17) is 0 Å². The molecule has 84 valence electrons. The first-order valence-corrected chi connectivity index (χ1v) is 6.09. The average Bonchev–Trinajstić information content (AvgIpc) is 2.22. The molecule has 0 aliphatic carbocycles. The van der Waals surface area contributed by atoms with Crippen LogP contribution in [0.4, 0.5) is 0 Å². The topological polar surface area (TPSA) is 0 Å². The molecule has 0 N–H and O–H groups in total. The first-order chi connectivity index (χ1) is 6.83. The lowest BCUT2D eigenvalue weighted by molar-refractivity contribution is 0.921. The normalized spacial score (nSPS) is 10.6. The standard InChI is InChI=1S/C8H16.C6H12/c1-3-5-7-8-6-4-2;1-3-5-6-4-2/h7-8H,3-6H2,1-2H3;3,5H,4,6H2,1-2H3/b8-7+;5-3+. The highest BCUT2D eigenvalue weighted by Gasteiger charge is 1.72. The van der Waals surface area contributed by atoms with Gasteiger partial charge in [0.25, 0.3) is 0 Å². The van der Waals surface area contributed by atoms with Crippen molar-refractivity contribution in [1.29, 1.82) is 0 Å². The van der Waals surface area contributed by atoms with Crippen LogP contribution >= 0.6 is 0 Å². The summed E-state index contributed by atoms with van der Waals surface area (Å²) in [5, 5.41) is 0. The largest absolute Gasteiger partial charge is 0.0917 e. The summed E-state index contributed by atoms with van der Waals surface area (Å²) in [6, 6.07) is 0. The van der Waals surface area contributed by atoms with Gasteiger partial charge >= 0.3 is 0 Å².